The van der Waals surface area contributed by atoms with Crippen LogP contribution in [0.2, 0.25) is 0 Å². The first kappa shape index (κ1) is 18.2. The number of anilines is 1. The molecule has 1 aromatic carbocycles. The van der Waals surface area contributed by atoms with Gasteiger partial charge in [0.1, 0.15) is 17.4 Å². The first-order chi connectivity index (χ1) is 14.1. The maximum Gasteiger partial charge on any atom is 0.237 e. The number of nitrogens with zero attached hydrogens (tertiary/aromatic N) is 2. The Morgan fingerprint density at radius 3 is 2.52 bits per heavy atom. The van der Waals surface area contributed by atoms with Crippen molar-refractivity contribution in [3.63, 3.8) is 0 Å². The van der Waals surface area contributed by atoms with Crippen molar-refractivity contribution in [1.29, 1.82) is 5.26 Å². The molecule has 4 bridgehead atoms. The highest BCUT2D eigenvalue weighted by Gasteiger charge is 2.50. The highest BCUT2D eigenvalue weighted by atomic mass is 16.5. The molecule has 2 aromatic rings. The van der Waals surface area contributed by atoms with Crippen LogP contribution in [0.1, 0.15) is 43.2 Å². The maximum absolute atomic E-state index is 13.1. The fraction of sp³-hybridized carbons (Fsp3) is 0.458. The number of carbonyl (C=O) groups excluding carboxylic acids is 1. The van der Waals surface area contributed by atoms with Crippen molar-refractivity contribution in [2.24, 2.45) is 29.6 Å². The second-order valence-electron chi connectivity index (χ2n) is 8.99. The van der Waals surface area contributed by atoms with Crippen LogP contribution < -0.4 is 10.1 Å². The molecule has 4 saturated carbocycles. The molecule has 6 rings (SSSR count). The molecular formula is C24H25N3O2. The number of amides is 1. The summed E-state index contributed by atoms with van der Waals surface area (Å²) in [5, 5.41) is 12.4. The summed E-state index contributed by atoms with van der Waals surface area (Å²) in [5.74, 6) is 4.13. The molecule has 1 N–H and O–H groups in total. The largest absolute Gasteiger partial charge is 0.438 e. The van der Waals surface area contributed by atoms with Gasteiger partial charge in [0.2, 0.25) is 11.8 Å². The number of carbonyl (C=O) groups is 1. The monoisotopic (exact) mass is 387 g/mol. The number of nitriles is 1. The number of benzene rings is 1. The Morgan fingerprint density at radius 2 is 1.86 bits per heavy atom. The van der Waals surface area contributed by atoms with Crippen molar-refractivity contribution in [1.82, 2.24) is 4.98 Å². The van der Waals surface area contributed by atoms with Crippen molar-refractivity contribution in [3.8, 4) is 17.7 Å². The van der Waals surface area contributed by atoms with E-state index < -0.39 is 0 Å². The van der Waals surface area contributed by atoms with Crippen LogP contribution in [0.3, 0.4) is 0 Å². The van der Waals surface area contributed by atoms with Crippen molar-refractivity contribution < 1.29 is 9.53 Å². The first-order valence-electron chi connectivity index (χ1n) is 10.5. The lowest BCUT2D eigenvalue weighted by Crippen LogP contribution is -2.49. The maximum atomic E-state index is 13.1. The Hall–Kier alpha value is -2.87. The predicted octanol–water partition coefficient (Wildman–Crippen LogP) is 5.06. The molecular weight excluding hydrogens is 362 g/mol. The van der Waals surface area contributed by atoms with E-state index in [4.69, 9.17) is 4.74 Å². The minimum absolute atomic E-state index is 0.171. The van der Waals surface area contributed by atoms with Crippen molar-refractivity contribution >= 4 is 11.6 Å². The molecule has 0 spiro atoms. The van der Waals surface area contributed by atoms with Crippen LogP contribution in [0.4, 0.5) is 5.69 Å². The van der Waals surface area contributed by atoms with Crippen LogP contribution in [0.5, 0.6) is 11.6 Å². The third kappa shape index (κ3) is 3.37. The number of ether oxygens (including phenoxy) is 1. The summed E-state index contributed by atoms with van der Waals surface area (Å²) in [7, 11) is 0. The highest BCUT2D eigenvalue weighted by molar-refractivity contribution is 5.94. The van der Waals surface area contributed by atoms with E-state index in [0.29, 0.717) is 29.0 Å². The summed E-state index contributed by atoms with van der Waals surface area (Å²) in [5.41, 5.74) is 2.16. The number of aromatic nitrogens is 1. The molecule has 29 heavy (non-hydrogen) atoms. The van der Waals surface area contributed by atoms with Gasteiger partial charge < -0.3 is 10.1 Å². The molecule has 0 radical (unpaired) electrons. The van der Waals surface area contributed by atoms with E-state index >= 15 is 0 Å². The molecule has 1 heterocycles. The lowest BCUT2D eigenvalue weighted by Gasteiger charge is -2.53. The van der Waals surface area contributed by atoms with Gasteiger partial charge >= 0.3 is 0 Å². The van der Waals surface area contributed by atoms with Crippen LogP contribution in [-0.2, 0) is 4.79 Å². The Bertz CT molecular complexity index is 966. The van der Waals surface area contributed by atoms with E-state index in [9.17, 15) is 10.1 Å². The molecule has 4 fully saturated rings. The average Bonchev–Trinajstić information content (AvgIpc) is 2.69. The van der Waals surface area contributed by atoms with E-state index in [-0.39, 0.29) is 11.8 Å². The summed E-state index contributed by atoms with van der Waals surface area (Å²) in [4.78, 5) is 17.3. The first-order valence-corrected chi connectivity index (χ1v) is 10.5. The molecule has 1 amide bonds. The molecule has 0 unspecified atom stereocenters. The number of hydrogen-bond acceptors (Lipinski definition) is 4. The molecule has 0 atom stereocenters. The quantitative estimate of drug-likeness (QED) is 0.795. The Labute approximate surface area is 171 Å². The topological polar surface area (TPSA) is 75.0 Å². The summed E-state index contributed by atoms with van der Waals surface area (Å²) in [6.07, 6.45) is 7.95. The Morgan fingerprint density at radius 1 is 1.14 bits per heavy atom. The lowest BCUT2D eigenvalue weighted by molar-refractivity contribution is -0.132. The number of hydrogen-bond donors (Lipinski definition) is 1. The third-order valence-corrected chi connectivity index (χ3v) is 7.09. The highest BCUT2D eigenvalue weighted by Crippen LogP contribution is 2.56. The van der Waals surface area contributed by atoms with Crippen LogP contribution in [0.15, 0.2) is 36.5 Å². The summed E-state index contributed by atoms with van der Waals surface area (Å²) in [6, 6.07) is 11.0. The Balaban J connectivity index is 1.30. The van der Waals surface area contributed by atoms with Crippen LogP contribution in [0.25, 0.3) is 0 Å². The van der Waals surface area contributed by atoms with E-state index in [1.165, 1.54) is 32.1 Å². The van der Waals surface area contributed by atoms with Gasteiger partial charge in [-0.15, -0.1) is 0 Å². The van der Waals surface area contributed by atoms with Gasteiger partial charge in [-0.1, -0.05) is 0 Å². The van der Waals surface area contributed by atoms with Crippen LogP contribution in [0, 0.1) is 47.8 Å². The fourth-order valence-corrected chi connectivity index (χ4v) is 6.08. The van der Waals surface area contributed by atoms with Gasteiger partial charge in [0.05, 0.1) is 0 Å². The fourth-order valence-electron chi connectivity index (χ4n) is 6.08. The van der Waals surface area contributed by atoms with Gasteiger partial charge in [0, 0.05) is 17.8 Å². The van der Waals surface area contributed by atoms with Gasteiger partial charge in [0.15, 0.2) is 0 Å². The molecule has 148 valence electrons. The predicted molar refractivity (Wildman–Crippen MR) is 109 cm³/mol. The molecule has 5 heteroatoms. The zero-order valence-electron chi connectivity index (χ0n) is 16.6. The third-order valence-electron chi connectivity index (χ3n) is 7.09. The van der Waals surface area contributed by atoms with E-state index in [2.05, 4.69) is 16.4 Å². The Kier molecular flexibility index (Phi) is 4.50. The zero-order valence-corrected chi connectivity index (χ0v) is 16.6. The molecule has 1 aromatic heterocycles. The second kappa shape index (κ2) is 7.18. The normalized spacial score (nSPS) is 29.3. The standard InChI is InChI=1S/C24H25N3O2/c1-14-7-20(29-24-17(13-25)3-2-6-26-24)4-5-21(14)27-23(28)22-18-9-15-8-16(11-18)12-19(22)10-15/h2-7,15-16,18-19,22H,8-12H2,1H3,(H,27,28). The van der Waals surface area contributed by atoms with Gasteiger partial charge in [-0.05, 0) is 98.6 Å². The van der Waals surface area contributed by atoms with Gasteiger partial charge in [-0.2, -0.15) is 5.26 Å². The minimum atomic E-state index is 0.171. The van der Waals surface area contributed by atoms with E-state index in [0.717, 1.165) is 23.1 Å². The van der Waals surface area contributed by atoms with Gasteiger partial charge in [0.25, 0.3) is 0 Å². The smallest absolute Gasteiger partial charge is 0.237 e. The average molecular weight is 387 g/mol. The van der Waals surface area contributed by atoms with Crippen molar-refractivity contribution in [2.75, 3.05) is 5.32 Å². The number of rotatable bonds is 4. The summed E-state index contributed by atoms with van der Waals surface area (Å²) < 4.78 is 5.79. The van der Waals surface area contributed by atoms with Crippen molar-refractivity contribution in [2.45, 2.75) is 39.0 Å². The lowest BCUT2D eigenvalue weighted by atomic mass is 9.51. The number of nitrogens with one attached hydrogen (secondary N) is 1. The van der Waals surface area contributed by atoms with Crippen LogP contribution >= 0.6 is 0 Å². The second-order valence-corrected chi connectivity index (χ2v) is 8.99. The molecule has 4 aliphatic rings. The molecule has 0 aliphatic heterocycles. The number of aryl methyl sites for hydroxylation is 1. The van der Waals surface area contributed by atoms with Gasteiger partial charge in [-0.3, -0.25) is 4.79 Å². The van der Waals surface area contributed by atoms with Crippen LogP contribution in [-0.4, -0.2) is 10.9 Å². The number of pyridine rings is 1. The SMILES string of the molecule is Cc1cc(Oc2ncccc2C#N)ccc1NC(=O)C1C2CC3CC(C2)CC1C3. The summed E-state index contributed by atoms with van der Waals surface area (Å²) >= 11 is 0. The van der Waals surface area contributed by atoms with Crippen molar-refractivity contribution in [3.05, 3.63) is 47.7 Å². The zero-order chi connectivity index (χ0) is 20.0. The molecule has 4 aliphatic carbocycles. The summed E-state index contributed by atoms with van der Waals surface area (Å²) in [6.45, 7) is 1.96. The van der Waals surface area contributed by atoms with Gasteiger partial charge in [-0.25, -0.2) is 4.98 Å². The van der Waals surface area contributed by atoms with E-state index in [1.807, 2.05) is 25.1 Å². The molecule has 5 nitrogen and oxygen atoms in total. The van der Waals surface area contributed by atoms with E-state index in [1.54, 1.807) is 18.3 Å². The minimum Gasteiger partial charge on any atom is -0.438 e. The molecule has 0 saturated heterocycles.